The fraction of sp³-hybridized carbons (Fsp3) is 0.350. The van der Waals surface area contributed by atoms with Crippen LogP contribution in [-0.4, -0.2) is 29.4 Å². The molecule has 1 atom stereocenters. The van der Waals surface area contributed by atoms with Crippen LogP contribution in [0.4, 0.5) is 5.69 Å². The fourth-order valence-electron chi connectivity index (χ4n) is 2.44. The van der Waals surface area contributed by atoms with E-state index in [9.17, 15) is 9.59 Å². The van der Waals surface area contributed by atoms with E-state index in [2.05, 4.69) is 15.6 Å². The van der Waals surface area contributed by atoms with Crippen LogP contribution in [0.15, 0.2) is 36.4 Å². The summed E-state index contributed by atoms with van der Waals surface area (Å²) in [5.41, 5.74) is 1.65. The molecule has 1 unspecified atom stereocenters. The SMILES string of the molecule is CCOC(Cl)c1cccc(NC(=O)c2ccc(C)nc2C(=O)NC(C)C)c1. The number of anilines is 1. The number of rotatable bonds is 7. The van der Waals surface area contributed by atoms with Crippen molar-refractivity contribution in [2.45, 2.75) is 39.3 Å². The van der Waals surface area contributed by atoms with Crippen LogP contribution >= 0.6 is 11.6 Å². The molecule has 27 heavy (non-hydrogen) atoms. The normalized spacial score (nSPS) is 11.9. The third-order valence-corrected chi connectivity index (χ3v) is 4.01. The Morgan fingerprint density at radius 2 is 1.93 bits per heavy atom. The van der Waals surface area contributed by atoms with Crippen LogP contribution in [0.5, 0.6) is 0 Å². The quantitative estimate of drug-likeness (QED) is 0.700. The van der Waals surface area contributed by atoms with Crippen molar-refractivity contribution < 1.29 is 14.3 Å². The van der Waals surface area contributed by atoms with Gasteiger partial charge in [0.2, 0.25) is 0 Å². The Bertz CT molecular complexity index is 824. The zero-order valence-corrected chi connectivity index (χ0v) is 16.6. The molecule has 6 nitrogen and oxygen atoms in total. The van der Waals surface area contributed by atoms with E-state index >= 15 is 0 Å². The lowest BCUT2D eigenvalue weighted by Gasteiger charge is -2.14. The van der Waals surface area contributed by atoms with Gasteiger partial charge in [0.25, 0.3) is 11.8 Å². The third kappa shape index (κ3) is 5.77. The molecule has 0 saturated carbocycles. The molecule has 0 aliphatic rings. The molecular formula is C20H24ClN3O3. The van der Waals surface area contributed by atoms with E-state index in [-0.39, 0.29) is 23.2 Å². The molecule has 0 saturated heterocycles. The van der Waals surface area contributed by atoms with Gasteiger partial charge in [0.1, 0.15) is 5.69 Å². The van der Waals surface area contributed by atoms with Gasteiger partial charge in [-0.15, -0.1) is 0 Å². The maximum absolute atomic E-state index is 12.7. The van der Waals surface area contributed by atoms with Crippen LogP contribution in [0.2, 0.25) is 0 Å². The minimum Gasteiger partial charge on any atom is -0.359 e. The van der Waals surface area contributed by atoms with E-state index in [4.69, 9.17) is 16.3 Å². The zero-order chi connectivity index (χ0) is 20.0. The third-order valence-electron chi connectivity index (χ3n) is 3.63. The molecule has 0 radical (unpaired) electrons. The largest absolute Gasteiger partial charge is 0.359 e. The van der Waals surface area contributed by atoms with Crippen molar-refractivity contribution in [3.8, 4) is 0 Å². The second-order valence-electron chi connectivity index (χ2n) is 6.33. The van der Waals surface area contributed by atoms with Gasteiger partial charge < -0.3 is 15.4 Å². The Hall–Kier alpha value is -2.44. The van der Waals surface area contributed by atoms with E-state index < -0.39 is 11.5 Å². The number of pyridine rings is 1. The first-order valence-corrected chi connectivity index (χ1v) is 9.21. The smallest absolute Gasteiger partial charge is 0.270 e. The summed E-state index contributed by atoms with van der Waals surface area (Å²) in [6, 6.07) is 10.3. The van der Waals surface area contributed by atoms with Gasteiger partial charge in [-0.1, -0.05) is 23.7 Å². The molecule has 1 heterocycles. The molecule has 0 aliphatic heterocycles. The molecule has 7 heteroatoms. The highest BCUT2D eigenvalue weighted by atomic mass is 35.5. The summed E-state index contributed by atoms with van der Waals surface area (Å²) < 4.78 is 5.36. The van der Waals surface area contributed by atoms with Crippen molar-refractivity contribution in [1.82, 2.24) is 10.3 Å². The number of ether oxygens (including phenoxy) is 1. The number of halogens is 1. The number of aryl methyl sites for hydroxylation is 1. The van der Waals surface area contributed by atoms with Crippen molar-refractivity contribution in [3.05, 3.63) is 58.9 Å². The molecule has 2 N–H and O–H groups in total. The molecule has 0 aliphatic carbocycles. The maximum atomic E-state index is 12.7. The standard InChI is InChI=1S/C20H24ClN3O3/c1-5-27-18(21)14-7-6-8-15(11-14)24-19(25)16-10-9-13(4)23-17(16)20(26)22-12(2)3/h6-12,18H,5H2,1-4H3,(H,22,26)(H,24,25). The van der Waals surface area contributed by atoms with Gasteiger partial charge in [0.15, 0.2) is 5.56 Å². The summed E-state index contributed by atoms with van der Waals surface area (Å²) in [7, 11) is 0. The van der Waals surface area contributed by atoms with E-state index in [1.807, 2.05) is 26.8 Å². The lowest BCUT2D eigenvalue weighted by Crippen LogP contribution is -2.33. The van der Waals surface area contributed by atoms with Gasteiger partial charge in [-0.2, -0.15) is 0 Å². The van der Waals surface area contributed by atoms with Gasteiger partial charge in [-0.05, 0) is 57.5 Å². The van der Waals surface area contributed by atoms with Crippen LogP contribution in [-0.2, 0) is 4.74 Å². The second-order valence-corrected chi connectivity index (χ2v) is 6.72. The number of aromatic nitrogens is 1. The molecule has 2 aromatic rings. The molecule has 0 fully saturated rings. The number of hydrogen-bond donors (Lipinski definition) is 2. The number of carbonyl (C=O) groups is 2. The molecule has 0 bridgehead atoms. The van der Waals surface area contributed by atoms with Crippen molar-refractivity contribution in [1.29, 1.82) is 0 Å². The van der Waals surface area contributed by atoms with Gasteiger partial charge >= 0.3 is 0 Å². The van der Waals surface area contributed by atoms with Gasteiger partial charge in [-0.25, -0.2) is 4.98 Å². The van der Waals surface area contributed by atoms with Crippen molar-refractivity contribution in [2.75, 3.05) is 11.9 Å². The Morgan fingerprint density at radius 1 is 1.19 bits per heavy atom. The molecule has 1 aromatic heterocycles. The summed E-state index contributed by atoms with van der Waals surface area (Å²) in [6.07, 6.45) is 0. The van der Waals surface area contributed by atoms with Gasteiger partial charge in [0.05, 0.1) is 5.56 Å². The highest BCUT2D eigenvalue weighted by Gasteiger charge is 2.20. The van der Waals surface area contributed by atoms with Crippen LogP contribution < -0.4 is 10.6 Å². The van der Waals surface area contributed by atoms with Crippen LogP contribution in [0.3, 0.4) is 0 Å². The Balaban J connectivity index is 2.26. The average Bonchev–Trinajstić information content (AvgIpc) is 2.61. The number of amides is 2. The first-order valence-electron chi connectivity index (χ1n) is 8.77. The summed E-state index contributed by atoms with van der Waals surface area (Å²) >= 11 is 6.17. The molecule has 0 spiro atoms. The minimum atomic E-state index is -0.597. The molecule has 2 rings (SSSR count). The summed E-state index contributed by atoms with van der Waals surface area (Å²) in [5.74, 6) is -0.805. The zero-order valence-electron chi connectivity index (χ0n) is 15.9. The first kappa shape index (κ1) is 20.9. The highest BCUT2D eigenvalue weighted by Crippen LogP contribution is 2.24. The topological polar surface area (TPSA) is 80.3 Å². The van der Waals surface area contributed by atoms with E-state index in [0.29, 0.717) is 18.0 Å². The first-order chi connectivity index (χ1) is 12.8. The van der Waals surface area contributed by atoms with E-state index in [1.165, 1.54) is 0 Å². The Labute approximate surface area is 164 Å². The van der Waals surface area contributed by atoms with Crippen molar-refractivity contribution in [2.24, 2.45) is 0 Å². The number of hydrogen-bond acceptors (Lipinski definition) is 4. The molecule has 2 amide bonds. The fourth-order valence-corrected chi connectivity index (χ4v) is 2.70. The van der Waals surface area contributed by atoms with Crippen molar-refractivity contribution >= 4 is 29.1 Å². The summed E-state index contributed by atoms with van der Waals surface area (Å²) in [6.45, 7) is 7.80. The molecule has 144 valence electrons. The van der Waals surface area contributed by atoms with Gasteiger partial charge in [-0.3, -0.25) is 9.59 Å². The average molecular weight is 390 g/mol. The summed E-state index contributed by atoms with van der Waals surface area (Å²) in [4.78, 5) is 29.4. The number of benzene rings is 1. The number of alkyl halides is 1. The molecule has 1 aromatic carbocycles. The maximum Gasteiger partial charge on any atom is 0.270 e. The van der Waals surface area contributed by atoms with Gasteiger partial charge in [0, 0.05) is 24.0 Å². The number of carbonyl (C=O) groups excluding carboxylic acids is 2. The Kier molecular flexibility index (Phi) is 7.33. The number of nitrogens with zero attached hydrogens (tertiary/aromatic N) is 1. The molecular weight excluding hydrogens is 366 g/mol. The lowest BCUT2D eigenvalue weighted by molar-refractivity contribution is 0.0925. The van der Waals surface area contributed by atoms with Crippen molar-refractivity contribution in [3.63, 3.8) is 0 Å². The minimum absolute atomic E-state index is 0.0633. The predicted molar refractivity (Wildman–Crippen MR) is 106 cm³/mol. The predicted octanol–water partition coefficient (Wildman–Crippen LogP) is 4.05. The summed E-state index contributed by atoms with van der Waals surface area (Å²) in [5, 5.41) is 5.56. The monoisotopic (exact) mass is 389 g/mol. The van der Waals surface area contributed by atoms with E-state index in [0.717, 1.165) is 5.56 Å². The van der Waals surface area contributed by atoms with Crippen LogP contribution in [0.1, 0.15) is 58.4 Å². The highest BCUT2D eigenvalue weighted by molar-refractivity contribution is 6.20. The van der Waals surface area contributed by atoms with E-state index in [1.54, 1.807) is 37.3 Å². The number of nitrogens with one attached hydrogen (secondary N) is 2. The lowest BCUT2D eigenvalue weighted by atomic mass is 10.1. The Morgan fingerprint density at radius 3 is 2.59 bits per heavy atom. The van der Waals surface area contributed by atoms with Crippen LogP contribution in [0.25, 0.3) is 0 Å². The second kappa shape index (κ2) is 9.48. The van der Waals surface area contributed by atoms with Crippen LogP contribution in [0, 0.1) is 6.92 Å².